The molecule has 1 aliphatic heterocycles. The Hall–Kier alpha value is -2.37. The third-order valence-electron chi connectivity index (χ3n) is 3.66. The molecule has 2 amide bonds. The molecule has 1 aromatic heterocycles. The standard InChI is InChI=1S/C16H22N4O2/c1-4-7-18(8-5-2)16(22)15-11-14-12-19(13(3)21)9-6-10-20(14)17-15/h4-5,11H,1-2,6-10,12H2,3H3. The second kappa shape index (κ2) is 7.06. The van der Waals surface area contributed by atoms with Gasteiger partial charge in [0.1, 0.15) is 0 Å². The van der Waals surface area contributed by atoms with Gasteiger partial charge in [0.15, 0.2) is 5.69 Å². The van der Waals surface area contributed by atoms with Crippen LogP contribution in [-0.4, -0.2) is 51.0 Å². The van der Waals surface area contributed by atoms with Crippen LogP contribution < -0.4 is 0 Å². The van der Waals surface area contributed by atoms with Crippen molar-refractivity contribution in [2.75, 3.05) is 19.6 Å². The maximum absolute atomic E-state index is 12.5. The molecule has 6 nitrogen and oxygen atoms in total. The van der Waals surface area contributed by atoms with Crippen LogP contribution >= 0.6 is 0 Å². The molecular weight excluding hydrogens is 280 g/mol. The molecule has 0 aliphatic carbocycles. The topological polar surface area (TPSA) is 58.4 Å². The Labute approximate surface area is 130 Å². The molecule has 22 heavy (non-hydrogen) atoms. The van der Waals surface area contributed by atoms with Crippen LogP contribution in [0.25, 0.3) is 0 Å². The molecule has 0 unspecified atom stereocenters. The molecule has 0 atom stereocenters. The Balaban J connectivity index is 2.22. The Morgan fingerprint density at radius 3 is 2.59 bits per heavy atom. The molecule has 2 rings (SSSR count). The van der Waals surface area contributed by atoms with Gasteiger partial charge >= 0.3 is 0 Å². The fraction of sp³-hybridized carbons (Fsp3) is 0.438. The Morgan fingerprint density at radius 1 is 1.32 bits per heavy atom. The minimum Gasteiger partial charge on any atom is -0.337 e. The zero-order valence-corrected chi connectivity index (χ0v) is 13.0. The van der Waals surface area contributed by atoms with Gasteiger partial charge in [0, 0.05) is 33.1 Å². The van der Waals surface area contributed by atoms with Gasteiger partial charge in [0.05, 0.1) is 12.2 Å². The first-order valence-corrected chi connectivity index (χ1v) is 7.40. The largest absolute Gasteiger partial charge is 0.337 e. The first-order chi connectivity index (χ1) is 10.6. The molecule has 0 bridgehead atoms. The molecule has 1 aliphatic rings. The molecule has 0 spiro atoms. The lowest BCUT2D eigenvalue weighted by Gasteiger charge is -2.18. The van der Waals surface area contributed by atoms with Crippen molar-refractivity contribution in [1.29, 1.82) is 0 Å². The van der Waals surface area contributed by atoms with E-state index in [0.717, 1.165) is 25.2 Å². The number of hydrogen-bond donors (Lipinski definition) is 0. The van der Waals surface area contributed by atoms with Gasteiger partial charge in [-0.2, -0.15) is 5.10 Å². The van der Waals surface area contributed by atoms with E-state index in [2.05, 4.69) is 18.3 Å². The van der Waals surface area contributed by atoms with Crippen molar-refractivity contribution in [2.24, 2.45) is 0 Å². The van der Waals surface area contributed by atoms with Crippen molar-refractivity contribution in [3.05, 3.63) is 42.8 Å². The fourth-order valence-corrected chi connectivity index (χ4v) is 2.55. The van der Waals surface area contributed by atoms with E-state index in [1.165, 1.54) is 0 Å². The third-order valence-corrected chi connectivity index (χ3v) is 3.66. The zero-order chi connectivity index (χ0) is 16.1. The number of nitrogens with zero attached hydrogens (tertiary/aromatic N) is 4. The highest BCUT2D eigenvalue weighted by Crippen LogP contribution is 2.15. The third kappa shape index (κ3) is 3.44. The van der Waals surface area contributed by atoms with Gasteiger partial charge in [-0.25, -0.2) is 0 Å². The second-order valence-electron chi connectivity index (χ2n) is 5.33. The van der Waals surface area contributed by atoms with Crippen molar-refractivity contribution in [3.63, 3.8) is 0 Å². The number of carbonyl (C=O) groups is 2. The van der Waals surface area contributed by atoms with Crippen molar-refractivity contribution >= 4 is 11.8 Å². The Bertz CT molecular complexity index is 581. The summed E-state index contributed by atoms with van der Waals surface area (Å²) in [6.45, 7) is 11.7. The highest BCUT2D eigenvalue weighted by atomic mass is 16.2. The van der Waals surface area contributed by atoms with E-state index < -0.39 is 0 Å². The summed E-state index contributed by atoms with van der Waals surface area (Å²) in [5.74, 6) is -0.0998. The highest BCUT2D eigenvalue weighted by molar-refractivity contribution is 5.92. The molecule has 0 saturated carbocycles. The number of rotatable bonds is 5. The van der Waals surface area contributed by atoms with Crippen LogP contribution in [0, 0.1) is 0 Å². The summed E-state index contributed by atoms with van der Waals surface area (Å²) in [4.78, 5) is 27.5. The quantitative estimate of drug-likeness (QED) is 0.774. The van der Waals surface area contributed by atoms with Gasteiger partial charge in [-0.15, -0.1) is 13.2 Å². The van der Waals surface area contributed by atoms with E-state index in [1.807, 2.05) is 4.68 Å². The minimum atomic E-state index is -0.144. The van der Waals surface area contributed by atoms with Gasteiger partial charge in [-0.1, -0.05) is 12.2 Å². The average Bonchev–Trinajstić information content (AvgIpc) is 2.77. The SMILES string of the molecule is C=CCN(CC=C)C(=O)c1cc2n(n1)CCCN(C(C)=O)C2. The molecule has 0 aromatic carbocycles. The number of fused-ring (bicyclic) bond motifs is 1. The smallest absolute Gasteiger partial charge is 0.274 e. The monoisotopic (exact) mass is 302 g/mol. The molecule has 118 valence electrons. The number of aryl methyl sites for hydroxylation is 1. The predicted octanol–water partition coefficient (Wildman–Crippen LogP) is 1.45. The minimum absolute atomic E-state index is 0.0440. The van der Waals surface area contributed by atoms with E-state index in [0.29, 0.717) is 25.3 Å². The number of carbonyl (C=O) groups excluding carboxylic acids is 2. The van der Waals surface area contributed by atoms with Gasteiger partial charge in [0.25, 0.3) is 5.91 Å². The molecule has 0 saturated heterocycles. The van der Waals surface area contributed by atoms with Gasteiger partial charge in [0.2, 0.25) is 5.91 Å². The fourth-order valence-electron chi connectivity index (χ4n) is 2.55. The predicted molar refractivity (Wildman–Crippen MR) is 84.2 cm³/mol. The summed E-state index contributed by atoms with van der Waals surface area (Å²) in [5.41, 5.74) is 1.30. The van der Waals surface area contributed by atoms with Crippen LogP contribution in [0.2, 0.25) is 0 Å². The van der Waals surface area contributed by atoms with Gasteiger partial charge in [-0.3, -0.25) is 14.3 Å². The van der Waals surface area contributed by atoms with Crippen molar-refractivity contribution < 1.29 is 9.59 Å². The highest BCUT2D eigenvalue weighted by Gasteiger charge is 2.22. The number of amides is 2. The Kier molecular flexibility index (Phi) is 5.14. The van der Waals surface area contributed by atoms with Crippen LogP contribution in [0.15, 0.2) is 31.4 Å². The van der Waals surface area contributed by atoms with Crippen LogP contribution in [0.4, 0.5) is 0 Å². The summed E-state index contributed by atoms with van der Waals surface area (Å²) in [6, 6.07) is 1.78. The van der Waals surface area contributed by atoms with Crippen molar-refractivity contribution in [1.82, 2.24) is 19.6 Å². The number of hydrogen-bond acceptors (Lipinski definition) is 3. The summed E-state index contributed by atoms with van der Waals surface area (Å²) in [7, 11) is 0. The molecule has 0 N–H and O–H groups in total. The van der Waals surface area contributed by atoms with E-state index in [4.69, 9.17) is 0 Å². The second-order valence-corrected chi connectivity index (χ2v) is 5.33. The van der Waals surface area contributed by atoms with E-state index in [1.54, 1.807) is 34.9 Å². The number of aromatic nitrogens is 2. The summed E-state index contributed by atoms with van der Waals surface area (Å²) >= 11 is 0. The lowest BCUT2D eigenvalue weighted by molar-refractivity contribution is -0.129. The van der Waals surface area contributed by atoms with Crippen LogP contribution in [-0.2, 0) is 17.9 Å². The molecule has 6 heteroatoms. The van der Waals surface area contributed by atoms with Crippen LogP contribution in [0.3, 0.4) is 0 Å². The van der Waals surface area contributed by atoms with Gasteiger partial charge < -0.3 is 9.80 Å². The van der Waals surface area contributed by atoms with E-state index in [9.17, 15) is 9.59 Å². The van der Waals surface area contributed by atoms with Crippen molar-refractivity contribution in [3.8, 4) is 0 Å². The molecule has 1 aromatic rings. The van der Waals surface area contributed by atoms with Crippen LogP contribution in [0.5, 0.6) is 0 Å². The van der Waals surface area contributed by atoms with Crippen LogP contribution in [0.1, 0.15) is 29.5 Å². The lowest BCUT2D eigenvalue weighted by atomic mass is 10.3. The molecule has 2 heterocycles. The molecular formula is C16H22N4O2. The Morgan fingerprint density at radius 2 is 2.00 bits per heavy atom. The molecule has 0 fully saturated rings. The van der Waals surface area contributed by atoms with E-state index in [-0.39, 0.29) is 11.8 Å². The summed E-state index contributed by atoms with van der Waals surface area (Å²) in [6.07, 6.45) is 4.20. The molecule has 0 radical (unpaired) electrons. The van der Waals surface area contributed by atoms with Crippen molar-refractivity contribution in [2.45, 2.75) is 26.4 Å². The summed E-state index contributed by atoms with van der Waals surface area (Å²) in [5, 5.41) is 4.41. The maximum atomic E-state index is 12.5. The maximum Gasteiger partial charge on any atom is 0.274 e. The summed E-state index contributed by atoms with van der Waals surface area (Å²) < 4.78 is 1.83. The van der Waals surface area contributed by atoms with Gasteiger partial charge in [-0.05, 0) is 12.5 Å². The normalized spacial score (nSPS) is 14.0. The average molecular weight is 302 g/mol. The first-order valence-electron chi connectivity index (χ1n) is 7.40. The zero-order valence-electron chi connectivity index (χ0n) is 13.0. The lowest BCUT2D eigenvalue weighted by Crippen LogP contribution is -2.31. The van der Waals surface area contributed by atoms with E-state index >= 15 is 0 Å². The first kappa shape index (κ1) is 16.0.